The van der Waals surface area contributed by atoms with Gasteiger partial charge in [0.25, 0.3) is 0 Å². The molecule has 2 atom stereocenters. The molecule has 0 spiro atoms. The Morgan fingerprint density at radius 1 is 1.38 bits per heavy atom. The van der Waals surface area contributed by atoms with E-state index in [1.54, 1.807) is 29.3 Å². The number of carbonyl (C=O) groups excluding carboxylic acids is 1. The summed E-state index contributed by atoms with van der Waals surface area (Å²) < 4.78 is 12.8. The van der Waals surface area contributed by atoms with E-state index < -0.39 is 10.8 Å². The molecule has 2 aromatic rings. The van der Waals surface area contributed by atoms with Crippen molar-refractivity contribution >= 4 is 22.5 Å². The fourth-order valence-corrected chi connectivity index (χ4v) is 2.69. The number of hydrogen-bond acceptors (Lipinski definition) is 3. The summed E-state index contributed by atoms with van der Waals surface area (Å²) in [5.74, 6) is 0.436. The van der Waals surface area contributed by atoms with Gasteiger partial charge in [-0.3, -0.25) is 4.21 Å². The highest BCUT2D eigenvalue weighted by Gasteiger charge is 2.08. The first-order valence-electron chi connectivity index (χ1n) is 6.52. The van der Waals surface area contributed by atoms with Gasteiger partial charge < -0.3 is 10.6 Å². The van der Waals surface area contributed by atoms with E-state index in [9.17, 15) is 9.00 Å². The molecule has 2 N–H and O–H groups in total. The van der Waals surface area contributed by atoms with Gasteiger partial charge in [-0.05, 0) is 37.3 Å². The van der Waals surface area contributed by atoms with Gasteiger partial charge in [-0.25, -0.2) is 9.48 Å². The third-order valence-electron chi connectivity index (χ3n) is 2.76. The molecule has 7 heteroatoms. The average molecular weight is 306 g/mol. The summed E-state index contributed by atoms with van der Waals surface area (Å²) in [6, 6.07) is 8.75. The predicted molar refractivity (Wildman–Crippen MR) is 84.1 cm³/mol. The van der Waals surface area contributed by atoms with Crippen LogP contribution in [0.2, 0.25) is 0 Å². The Balaban J connectivity index is 1.91. The molecule has 0 aliphatic heterocycles. The number of urea groups is 1. The Hall–Kier alpha value is -2.15. The summed E-state index contributed by atoms with van der Waals surface area (Å²) >= 11 is 0. The number of carbonyl (C=O) groups is 1. The molecule has 0 unspecified atom stereocenters. The first-order valence-corrected chi connectivity index (χ1v) is 8.25. The maximum atomic E-state index is 11.8. The van der Waals surface area contributed by atoms with Crippen LogP contribution in [-0.4, -0.2) is 38.1 Å². The van der Waals surface area contributed by atoms with Gasteiger partial charge in [0, 0.05) is 46.9 Å². The number of anilines is 1. The van der Waals surface area contributed by atoms with E-state index in [-0.39, 0.29) is 12.1 Å². The molecular weight excluding hydrogens is 288 g/mol. The maximum absolute atomic E-state index is 11.8. The third-order valence-corrected chi connectivity index (χ3v) is 3.73. The van der Waals surface area contributed by atoms with Gasteiger partial charge in [0.1, 0.15) is 0 Å². The first kappa shape index (κ1) is 15.2. The maximum Gasteiger partial charge on any atom is 0.319 e. The second-order valence-electron chi connectivity index (χ2n) is 4.74. The minimum atomic E-state index is -0.931. The Kier molecular flexibility index (Phi) is 5.10. The molecular formula is C14H18N4O2S. The van der Waals surface area contributed by atoms with Gasteiger partial charge in [-0.2, -0.15) is 5.10 Å². The van der Waals surface area contributed by atoms with E-state index in [2.05, 4.69) is 15.7 Å². The number of amides is 2. The molecule has 0 saturated carbocycles. The minimum Gasteiger partial charge on any atom is -0.334 e. The molecule has 0 bridgehead atoms. The molecule has 2 amide bonds. The van der Waals surface area contributed by atoms with Gasteiger partial charge in [-0.15, -0.1) is 0 Å². The smallest absolute Gasteiger partial charge is 0.319 e. The number of nitrogens with one attached hydrogen (secondary N) is 2. The van der Waals surface area contributed by atoms with Crippen LogP contribution in [0.15, 0.2) is 42.7 Å². The van der Waals surface area contributed by atoms with Gasteiger partial charge in [-0.1, -0.05) is 0 Å². The molecule has 21 heavy (non-hydrogen) atoms. The summed E-state index contributed by atoms with van der Waals surface area (Å²) in [5, 5.41) is 9.61. The molecule has 0 saturated heterocycles. The van der Waals surface area contributed by atoms with Crippen LogP contribution < -0.4 is 10.6 Å². The SMILES string of the molecule is C[C@@H](C[S@](C)=O)NC(=O)Nc1ccc(-n2cccn2)cc1. The molecule has 0 aliphatic carbocycles. The van der Waals surface area contributed by atoms with E-state index in [4.69, 9.17) is 0 Å². The lowest BCUT2D eigenvalue weighted by Crippen LogP contribution is -2.39. The highest BCUT2D eigenvalue weighted by atomic mass is 32.2. The van der Waals surface area contributed by atoms with Crippen molar-refractivity contribution < 1.29 is 9.00 Å². The number of hydrogen-bond donors (Lipinski definition) is 2. The zero-order valence-corrected chi connectivity index (χ0v) is 12.8. The Labute approximate surface area is 126 Å². The zero-order valence-electron chi connectivity index (χ0n) is 11.9. The molecule has 0 fully saturated rings. The van der Waals surface area contributed by atoms with Gasteiger partial charge >= 0.3 is 6.03 Å². The van der Waals surface area contributed by atoms with Crippen LogP contribution in [-0.2, 0) is 10.8 Å². The van der Waals surface area contributed by atoms with Crippen LogP contribution in [0.3, 0.4) is 0 Å². The van der Waals surface area contributed by atoms with Crippen LogP contribution in [0.5, 0.6) is 0 Å². The van der Waals surface area contributed by atoms with E-state index in [0.29, 0.717) is 11.4 Å². The van der Waals surface area contributed by atoms with E-state index >= 15 is 0 Å². The van der Waals surface area contributed by atoms with Gasteiger partial charge in [0.15, 0.2) is 0 Å². The fraction of sp³-hybridized carbons (Fsp3) is 0.286. The number of nitrogens with zero attached hydrogens (tertiary/aromatic N) is 2. The topological polar surface area (TPSA) is 76.0 Å². The molecule has 1 heterocycles. The van der Waals surface area contributed by atoms with Crippen molar-refractivity contribution in [1.82, 2.24) is 15.1 Å². The van der Waals surface area contributed by atoms with Crippen molar-refractivity contribution in [2.75, 3.05) is 17.3 Å². The van der Waals surface area contributed by atoms with E-state index in [0.717, 1.165) is 5.69 Å². The lowest BCUT2D eigenvalue weighted by Gasteiger charge is -2.13. The van der Waals surface area contributed by atoms with Crippen molar-refractivity contribution in [1.29, 1.82) is 0 Å². The van der Waals surface area contributed by atoms with Crippen LogP contribution in [0.4, 0.5) is 10.5 Å². The molecule has 1 aromatic heterocycles. The highest BCUT2D eigenvalue weighted by molar-refractivity contribution is 7.84. The van der Waals surface area contributed by atoms with Crippen LogP contribution in [0, 0.1) is 0 Å². The summed E-state index contributed by atoms with van der Waals surface area (Å²) in [7, 11) is -0.931. The second-order valence-corrected chi connectivity index (χ2v) is 6.22. The number of aromatic nitrogens is 2. The van der Waals surface area contributed by atoms with E-state index in [1.807, 2.05) is 31.3 Å². The van der Waals surface area contributed by atoms with Gasteiger partial charge in [0.05, 0.1) is 5.69 Å². The first-order chi connectivity index (χ1) is 10.0. The molecule has 2 rings (SSSR count). The average Bonchev–Trinajstić information content (AvgIpc) is 2.92. The summed E-state index contributed by atoms with van der Waals surface area (Å²) in [6.07, 6.45) is 5.17. The summed E-state index contributed by atoms with van der Waals surface area (Å²) in [6.45, 7) is 1.82. The van der Waals surface area contributed by atoms with Crippen LogP contribution >= 0.6 is 0 Å². The Morgan fingerprint density at radius 3 is 2.67 bits per heavy atom. The molecule has 0 radical (unpaired) electrons. The Morgan fingerprint density at radius 2 is 2.10 bits per heavy atom. The summed E-state index contributed by atoms with van der Waals surface area (Å²) in [4.78, 5) is 11.8. The van der Waals surface area contributed by atoms with Crippen molar-refractivity contribution in [2.45, 2.75) is 13.0 Å². The lowest BCUT2D eigenvalue weighted by molar-refractivity contribution is 0.250. The molecule has 6 nitrogen and oxygen atoms in total. The normalized spacial score (nSPS) is 13.4. The molecule has 0 aliphatic rings. The Bertz CT molecular complexity index is 610. The van der Waals surface area contributed by atoms with Crippen LogP contribution in [0.25, 0.3) is 5.69 Å². The lowest BCUT2D eigenvalue weighted by atomic mass is 10.3. The zero-order chi connectivity index (χ0) is 15.2. The monoisotopic (exact) mass is 306 g/mol. The summed E-state index contributed by atoms with van der Waals surface area (Å²) in [5.41, 5.74) is 1.61. The van der Waals surface area contributed by atoms with E-state index in [1.165, 1.54) is 0 Å². The van der Waals surface area contributed by atoms with Crippen molar-refractivity contribution in [3.63, 3.8) is 0 Å². The van der Waals surface area contributed by atoms with Crippen molar-refractivity contribution in [3.8, 4) is 5.69 Å². The molecule has 1 aromatic carbocycles. The quantitative estimate of drug-likeness (QED) is 0.884. The standard InChI is InChI=1S/C14H18N4O2S/c1-11(10-21(2)20)16-14(19)17-12-4-6-13(7-5-12)18-9-3-8-15-18/h3-9,11H,10H2,1-2H3,(H2,16,17,19)/t11-,21-/m0/s1. The molecule has 112 valence electrons. The highest BCUT2D eigenvalue weighted by Crippen LogP contribution is 2.12. The number of rotatable bonds is 5. The third kappa shape index (κ3) is 4.71. The number of benzene rings is 1. The minimum absolute atomic E-state index is 0.140. The van der Waals surface area contributed by atoms with Crippen molar-refractivity contribution in [3.05, 3.63) is 42.7 Å². The fourth-order valence-electron chi connectivity index (χ4n) is 1.90. The predicted octanol–water partition coefficient (Wildman–Crippen LogP) is 1.76. The van der Waals surface area contributed by atoms with Gasteiger partial charge in [0.2, 0.25) is 0 Å². The van der Waals surface area contributed by atoms with Crippen LogP contribution in [0.1, 0.15) is 6.92 Å². The second kappa shape index (κ2) is 7.03. The van der Waals surface area contributed by atoms with Crippen molar-refractivity contribution in [2.24, 2.45) is 0 Å². The largest absolute Gasteiger partial charge is 0.334 e.